The first kappa shape index (κ1) is 47.8. The molecule has 0 fully saturated rings. The number of carbonyl (C=O) groups excluding carboxylic acids is 2. The van der Waals surface area contributed by atoms with Crippen LogP contribution in [0.25, 0.3) is 0 Å². The summed E-state index contributed by atoms with van der Waals surface area (Å²) >= 11 is 0. The molecule has 3 N–H and O–H groups in total. The number of nitrogens with two attached hydrogens (primary N) is 1. The minimum Gasteiger partial charge on any atom is -0.548 e. The molecule has 0 aliphatic rings. The maximum absolute atomic E-state index is 12.6. The fourth-order valence-corrected chi connectivity index (χ4v) is 6.32. The topological polar surface area (TPSA) is 157 Å². The van der Waals surface area contributed by atoms with E-state index in [1.165, 1.54) is 128 Å². The first-order valence-electron chi connectivity index (χ1n) is 20.0. The first-order valence-corrected chi connectivity index (χ1v) is 21.1. The van der Waals surface area contributed by atoms with Crippen molar-refractivity contribution < 1.29 is 42.9 Å². The van der Waals surface area contributed by atoms with Gasteiger partial charge >= 0.3 is 14.2 Å². The SMILES string of the molecule is CCCCCCCCCCCCCCCC(=O)O[C@H](COC(O)CCCCCCCCCCCCCCC)CO[P+](=O)OC[C@H](N)C(=O)[O-]. The van der Waals surface area contributed by atoms with Crippen molar-refractivity contribution in [2.75, 3.05) is 19.8 Å². The standard InChI is InChI=1S/C38H74NO9P/c1-3-5-7-9-11-13-15-17-19-21-23-25-27-29-36(40)45-31-34(32-46-49(44)47-33-35(39)38(42)43)48-37(41)30-28-26-24-22-20-18-16-14-12-10-8-6-4-2/h34-36,40H,3-33,39H2,1-2H3/t34-,35+,36?/m1/s1. The van der Waals surface area contributed by atoms with Crippen molar-refractivity contribution >= 4 is 20.2 Å². The third kappa shape index (κ3) is 35.0. The largest absolute Gasteiger partial charge is 0.697 e. The maximum Gasteiger partial charge on any atom is 0.697 e. The van der Waals surface area contributed by atoms with Crippen LogP contribution in [0.4, 0.5) is 0 Å². The van der Waals surface area contributed by atoms with Gasteiger partial charge in [-0.3, -0.25) is 4.79 Å². The van der Waals surface area contributed by atoms with E-state index in [0.29, 0.717) is 12.8 Å². The fourth-order valence-electron chi connectivity index (χ4n) is 5.68. The predicted molar refractivity (Wildman–Crippen MR) is 195 cm³/mol. The van der Waals surface area contributed by atoms with Gasteiger partial charge in [-0.15, -0.1) is 9.05 Å². The number of rotatable bonds is 39. The number of hydrogen-bond donors (Lipinski definition) is 2. The number of unbranched alkanes of at least 4 members (excludes halogenated alkanes) is 24. The van der Waals surface area contributed by atoms with Gasteiger partial charge in [0.1, 0.15) is 13.2 Å². The molecule has 2 unspecified atom stereocenters. The molecule has 0 aromatic heterocycles. The Bertz CT molecular complexity index is 773. The minimum atomic E-state index is -2.70. The highest BCUT2D eigenvalue weighted by Crippen LogP contribution is 2.24. The molecular formula is C38H74NO9P. The van der Waals surface area contributed by atoms with E-state index in [9.17, 15) is 24.4 Å². The Morgan fingerprint density at radius 1 is 0.612 bits per heavy atom. The lowest BCUT2D eigenvalue weighted by molar-refractivity contribution is -0.307. The summed E-state index contributed by atoms with van der Waals surface area (Å²) in [6.07, 6.45) is 30.6. The van der Waals surface area contributed by atoms with Crippen LogP contribution in [0, 0.1) is 0 Å². The van der Waals surface area contributed by atoms with Gasteiger partial charge in [0, 0.05) is 11.0 Å². The van der Waals surface area contributed by atoms with Gasteiger partial charge in [0.2, 0.25) is 0 Å². The normalized spacial score (nSPS) is 13.7. The van der Waals surface area contributed by atoms with Crippen LogP contribution < -0.4 is 10.8 Å². The first-order chi connectivity index (χ1) is 23.8. The van der Waals surface area contributed by atoms with Crippen molar-refractivity contribution in [2.24, 2.45) is 5.73 Å². The number of carbonyl (C=O) groups is 2. The molecule has 0 saturated carbocycles. The van der Waals surface area contributed by atoms with E-state index in [0.717, 1.165) is 32.1 Å². The number of carboxylic acid groups (broad SMARTS) is 1. The van der Waals surface area contributed by atoms with E-state index in [2.05, 4.69) is 13.8 Å². The summed E-state index contributed by atoms with van der Waals surface area (Å²) in [5.74, 6) is -1.95. The minimum absolute atomic E-state index is 0.133. The zero-order chi connectivity index (χ0) is 36.2. The molecule has 0 rings (SSSR count). The van der Waals surface area contributed by atoms with E-state index in [-0.39, 0.29) is 19.6 Å². The van der Waals surface area contributed by atoms with Crippen LogP contribution in [0.15, 0.2) is 0 Å². The van der Waals surface area contributed by atoms with Crippen LogP contribution >= 0.6 is 8.25 Å². The summed E-state index contributed by atoms with van der Waals surface area (Å²) in [6.45, 7) is 3.51. The zero-order valence-corrected chi connectivity index (χ0v) is 32.3. The van der Waals surface area contributed by atoms with Gasteiger partial charge < -0.3 is 30.2 Å². The van der Waals surface area contributed by atoms with E-state index in [1.807, 2.05) is 0 Å². The van der Waals surface area contributed by atoms with E-state index >= 15 is 0 Å². The number of esters is 1. The molecule has 0 aromatic carbocycles. The summed E-state index contributed by atoms with van der Waals surface area (Å²) in [7, 11) is -2.70. The van der Waals surface area contributed by atoms with Crippen LogP contribution in [0.3, 0.4) is 0 Å². The van der Waals surface area contributed by atoms with Gasteiger partial charge in [-0.1, -0.05) is 168 Å². The molecule has 0 aromatic rings. The summed E-state index contributed by atoms with van der Waals surface area (Å²) in [5, 5.41) is 21.1. The smallest absolute Gasteiger partial charge is 0.548 e. The Morgan fingerprint density at radius 2 is 1.00 bits per heavy atom. The molecule has 0 aliphatic heterocycles. The lowest BCUT2D eigenvalue weighted by atomic mass is 10.0. The summed E-state index contributed by atoms with van der Waals surface area (Å²) in [5.41, 5.74) is 5.31. The maximum atomic E-state index is 12.6. The number of aliphatic hydroxyl groups excluding tert-OH is 1. The van der Waals surface area contributed by atoms with Crippen molar-refractivity contribution in [3.05, 3.63) is 0 Å². The molecule has 0 bridgehead atoms. The van der Waals surface area contributed by atoms with Gasteiger partial charge in [-0.05, 0) is 19.3 Å². The van der Waals surface area contributed by atoms with Crippen LogP contribution in [0.2, 0.25) is 0 Å². The van der Waals surface area contributed by atoms with Gasteiger partial charge in [-0.25, -0.2) is 0 Å². The molecule has 0 amide bonds. The fraction of sp³-hybridized carbons (Fsp3) is 0.947. The molecular weight excluding hydrogens is 645 g/mol. The number of hydrogen-bond acceptors (Lipinski definition) is 10. The lowest BCUT2D eigenvalue weighted by Gasteiger charge is -2.18. The lowest BCUT2D eigenvalue weighted by Crippen LogP contribution is -2.44. The molecule has 0 saturated heterocycles. The van der Waals surface area contributed by atoms with Crippen LogP contribution in [0.5, 0.6) is 0 Å². The Balaban J connectivity index is 4.26. The van der Waals surface area contributed by atoms with Crippen molar-refractivity contribution in [1.29, 1.82) is 0 Å². The highest BCUT2D eigenvalue weighted by atomic mass is 31.1. The molecule has 0 radical (unpaired) electrons. The van der Waals surface area contributed by atoms with Crippen LogP contribution in [-0.4, -0.2) is 55.3 Å². The van der Waals surface area contributed by atoms with E-state index in [1.54, 1.807) is 0 Å². The number of carboxylic acids is 1. The predicted octanol–water partition coefficient (Wildman–Crippen LogP) is 8.96. The Hall–Kier alpha value is -1.16. The molecule has 4 atom stereocenters. The van der Waals surface area contributed by atoms with Gasteiger partial charge in [0.05, 0.1) is 18.6 Å². The zero-order valence-electron chi connectivity index (χ0n) is 31.4. The summed E-state index contributed by atoms with van der Waals surface area (Å²) < 4.78 is 33.1. The van der Waals surface area contributed by atoms with Gasteiger partial charge in [-0.2, -0.15) is 0 Å². The third-order valence-electron chi connectivity index (χ3n) is 8.84. The second kappa shape index (κ2) is 36.6. The molecule has 11 heteroatoms. The van der Waals surface area contributed by atoms with E-state index < -0.39 is 45.2 Å². The third-order valence-corrected chi connectivity index (χ3v) is 9.56. The van der Waals surface area contributed by atoms with Gasteiger partial charge in [0.25, 0.3) is 0 Å². The number of aliphatic hydroxyl groups is 1. The average Bonchev–Trinajstić information content (AvgIpc) is 3.08. The Labute approximate surface area is 300 Å². The van der Waals surface area contributed by atoms with Gasteiger partial charge in [0.15, 0.2) is 12.4 Å². The molecule has 49 heavy (non-hydrogen) atoms. The monoisotopic (exact) mass is 720 g/mol. The highest BCUT2D eigenvalue weighted by molar-refractivity contribution is 7.33. The summed E-state index contributed by atoms with van der Waals surface area (Å²) in [4.78, 5) is 23.3. The van der Waals surface area contributed by atoms with Crippen molar-refractivity contribution in [3.63, 3.8) is 0 Å². The van der Waals surface area contributed by atoms with Crippen LogP contribution in [-0.2, 0) is 32.7 Å². The van der Waals surface area contributed by atoms with Crippen molar-refractivity contribution in [3.8, 4) is 0 Å². The quantitative estimate of drug-likeness (QED) is 0.0272. The van der Waals surface area contributed by atoms with E-state index in [4.69, 9.17) is 24.3 Å². The molecule has 290 valence electrons. The second-order valence-corrected chi connectivity index (χ2v) is 14.6. The van der Waals surface area contributed by atoms with Crippen molar-refractivity contribution in [2.45, 2.75) is 212 Å². The van der Waals surface area contributed by atoms with Crippen molar-refractivity contribution in [1.82, 2.24) is 0 Å². The molecule has 0 spiro atoms. The molecule has 10 nitrogen and oxygen atoms in total. The average molecular weight is 720 g/mol. The Kier molecular flexibility index (Phi) is 35.8. The molecule has 0 heterocycles. The summed E-state index contributed by atoms with van der Waals surface area (Å²) in [6, 6.07) is -1.44. The number of aliphatic carboxylic acids is 1. The molecule has 0 aliphatic carbocycles. The highest BCUT2D eigenvalue weighted by Gasteiger charge is 2.27. The number of ether oxygens (including phenoxy) is 2. The second-order valence-electron chi connectivity index (χ2n) is 13.7. The van der Waals surface area contributed by atoms with Crippen LogP contribution in [0.1, 0.15) is 194 Å². The Morgan fingerprint density at radius 3 is 1.43 bits per heavy atom.